The molecule has 1 unspecified atom stereocenters. The highest BCUT2D eigenvalue weighted by Crippen LogP contribution is 2.23. The van der Waals surface area contributed by atoms with Crippen LogP contribution in [0.5, 0.6) is 0 Å². The summed E-state index contributed by atoms with van der Waals surface area (Å²) < 4.78 is 1.87. The molecule has 1 rings (SSSR count). The van der Waals surface area contributed by atoms with Crippen molar-refractivity contribution in [2.45, 2.75) is 46.6 Å². The first-order chi connectivity index (χ1) is 7.43. The van der Waals surface area contributed by atoms with Crippen LogP contribution in [0.2, 0.25) is 0 Å². The van der Waals surface area contributed by atoms with Gasteiger partial charge in [0.1, 0.15) is 0 Å². The molecule has 1 aromatic heterocycles. The summed E-state index contributed by atoms with van der Waals surface area (Å²) >= 11 is 0. The Morgan fingerprint density at radius 3 is 2.56 bits per heavy atom. The third-order valence-corrected chi connectivity index (χ3v) is 2.98. The smallest absolute Gasteiger partial charge is 0.0521 e. The molecule has 3 heteroatoms. The van der Waals surface area contributed by atoms with Crippen molar-refractivity contribution >= 4 is 0 Å². The van der Waals surface area contributed by atoms with Crippen molar-refractivity contribution < 1.29 is 0 Å². The van der Waals surface area contributed by atoms with Crippen molar-refractivity contribution in [3.05, 3.63) is 18.0 Å². The summed E-state index contributed by atoms with van der Waals surface area (Å²) in [6.07, 6.45) is 6.34. The number of rotatable bonds is 5. The fourth-order valence-electron chi connectivity index (χ4n) is 2.00. The number of aromatic nitrogens is 2. The summed E-state index contributed by atoms with van der Waals surface area (Å²) in [6, 6.07) is 0.567. The quantitative estimate of drug-likeness (QED) is 0.830. The van der Waals surface area contributed by atoms with Crippen LogP contribution >= 0.6 is 0 Å². The zero-order chi connectivity index (χ0) is 12.2. The fraction of sp³-hybridized carbons (Fsp3) is 0.769. The molecule has 0 aliphatic rings. The van der Waals surface area contributed by atoms with E-state index in [0.717, 1.165) is 13.0 Å². The van der Waals surface area contributed by atoms with E-state index in [1.807, 2.05) is 17.9 Å². The molecule has 3 nitrogen and oxygen atoms in total. The van der Waals surface area contributed by atoms with Gasteiger partial charge in [0.05, 0.1) is 6.20 Å². The van der Waals surface area contributed by atoms with Crippen LogP contribution in [-0.4, -0.2) is 22.4 Å². The molecule has 0 saturated carbocycles. The van der Waals surface area contributed by atoms with E-state index in [1.165, 1.54) is 12.0 Å². The molecular formula is C13H25N3. The molecule has 0 amide bonds. The highest BCUT2D eigenvalue weighted by molar-refractivity contribution is 5.04. The van der Waals surface area contributed by atoms with Gasteiger partial charge in [-0.15, -0.1) is 0 Å². The van der Waals surface area contributed by atoms with E-state index in [9.17, 15) is 0 Å². The van der Waals surface area contributed by atoms with Crippen molar-refractivity contribution in [3.8, 4) is 0 Å². The summed E-state index contributed by atoms with van der Waals surface area (Å²) in [5.41, 5.74) is 1.65. The normalized spacial score (nSPS) is 14.1. The lowest BCUT2D eigenvalue weighted by atomic mass is 9.83. The molecule has 0 spiro atoms. The number of nitrogens with one attached hydrogen (secondary N) is 1. The predicted molar refractivity (Wildman–Crippen MR) is 68.4 cm³/mol. The summed E-state index contributed by atoms with van der Waals surface area (Å²) in [5, 5.41) is 7.77. The lowest BCUT2D eigenvalue weighted by Gasteiger charge is -2.31. The minimum absolute atomic E-state index is 0.318. The first-order valence-electron chi connectivity index (χ1n) is 6.14. The highest BCUT2D eigenvalue weighted by Gasteiger charge is 2.23. The van der Waals surface area contributed by atoms with E-state index < -0.39 is 0 Å². The van der Waals surface area contributed by atoms with Crippen LogP contribution in [0.15, 0.2) is 12.4 Å². The van der Waals surface area contributed by atoms with E-state index in [1.54, 1.807) is 0 Å². The van der Waals surface area contributed by atoms with Gasteiger partial charge in [0.25, 0.3) is 0 Å². The van der Waals surface area contributed by atoms with Gasteiger partial charge >= 0.3 is 0 Å². The highest BCUT2D eigenvalue weighted by atomic mass is 15.2. The van der Waals surface area contributed by atoms with Gasteiger partial charge in [0.2, 0.25) is 0 Å². The van der Waals surface area contributed by atoms with Crippen LogP contribution in [0.4, 0.5) is 0 Å². The van der Waals surface area contributed by atoms with Crippen molar-refractivity contribution in [3.63, 3.8) is 0 Å². The second-order valence-corrected chi connectivity index (χ2v) is 5.54. The number of hydrogen-bond acceptors (Lipinski definition) is 2. The molecule has 1 N–H and O–H groups in total. The standard InChI is InChI=1S/C13H25N3/c1-6-14-12(13(2,3)4)8-7-11-9-15-16(5)10-11/h9-10,12,14H,6-8H2,1-5H3. The number of aryl methyl sites for hydroxylation is 2. The SMILES string of the molecule is CCNC(CCc1cnn(C)c1)C(C)(C)C. The Kier molecular flexibility index (Phi) is 4.54. The average molecular weight is 223 g/mol. The summed E-state index contributed by atoms with van der Waals surface area (Å²) in [5.74, 6) is 0. The van der Waals surface area contributed by atoms with Gasteiger partial charge in [-0.25, -0.2) is 0 Å². The van der Waals surface area contributed by atoms with Gasteiger partial charge < -0.3 is 5.32 Å². The van der Waals surface area contributed by atoms with E-state index in [0.29, 0.717) is 11.5 Å². The minimum atomic E-state index is 0.318. The summed E-state index contributed by atoms with van der Waals surface area (Å²) in [4.78, 5) is 0. The molecule has 92 valence electrons. The van der Waals surface area contributed by atoms with Gasteiger partial charge in [0, 0.05) is 19.3 Å². The molecule has 0 bridgehead atoms. The zero-order valence-electron chi connectivity index (χ0n) is 11.2. The van der Waals surface area contributed by atoms with E-state index >= 15 is 0 Å². The van der Waals surface area contributed by atoms with Crippen molar-refractivity contribution in [2.75, 3.05) is 6.54 Å². The second kappa shape index (κ2) is 5.48. The Morgan fingerprint density at radius 1 is 1.44 bits per heavy atom. The van der Waals surface area contributed by atoms with Crippen molar-refractivity contribution in [2.24, 2.45) is 12.5 Å². The molecule has 1 aromatic rings. The molecule has 0 saturated heterocycles. The lowest BCUT2D eigenvalue weighted by molar-refractivity contribution is 0.258. The second-order valence-electron chi connectivity index (χ2n) is 5.54. The van der Waals surface area contributed by atoms with Crippen molar-refractivity contribution in [1.82, 2.24) is 15.1 Å². The van der Waals surface area contributed by atoms with Gasteiger partial charge in [-0.3, -0.25) is 4.68 Å². The summed E-state index contributed by atoms with van der Waals surface area (Å²) in [6.45, 7) is 10.1. The van der Waals surface area contributed by atoms with Gasteiger partial charge in [-0.05, 0) is 30.4 Å². The first-order valence-corrected chi connectivity index (χ1v) is 6.14. The predicted octanol–water partition coefficient (Wildman–Crippen LogP) is 2.38. The van der Waals surface area contributed by atoms with E-state index in [-0.39, 0.29) is 0 Å². The Morgan fingerprint density at radius 2 is 2.12 bits per heavy atom. The maximum absolute atomic E-state index is 4.20. The van der Waals surface area contributed by atoms with E-state index in [4.69, 9.17) is 0 Å². The fourth-order valence-corrected chi connectivity index (χ4v) is 2.00. The van der Waals surface area contributed by atoms with Gasteiger partial charge in [-0.1, -0.05) is 27.7 Å². The van der Waals surface area contributed by atoms with E-state index in [2.05, 4.69) is 44.3 Å². The Labute approximate surface area is 99.2 Å². The van der Waals surface area contributed by atoms with Crippen molar-refractivity contribution in [1.29, 1.82) is 0 Å². The topological polar surface area (TPSA) is 29.9 Å². The molecule has 1 heterocycles. The zero-order valence-corrected chi connectivity index (χ0v) is 11.2. The minimum Gasteiger partial charge on any atom is -0.314 e. The molecule has 0 radical (unpaired) electrons. The Balaban J connectivity index is 2.50. The first kappa shape index (κ1) is 13.2. The molecule has 0 aromatic carbocycles. The summed E-state index contributed by atoms with van der Waals surface area (Å²) in [7, 11) is 1.97. The lowest BCUT2D eigenvalue weighted by Crippen LogP contribution is -2.40. The monoisotopic (exact) mass is 223 g/mol. The molecular weight excluding hydrogens is 198 g/mol. The average Bonchev–Trinajstić information content (AvgIpc) is 2.57. The van der Waals surface area contributed by atoms with Crippen LogP contribution < -0.4 is 5.32 Å². The Hall–Kier alpha value is -0.830. The largest absolute Gasteiger partial charge is 0.314 e. The Bertz CT molecular complexity index is 309. The third kappa shape index (κ3) is 3.97. The number of nitrogens with zero attached hydrogens (tertiary/aromatic N) is 2. The molecule has 0 aliphatic carbocycles. The van der Waals surface area contributed by atoms with Crippen LogP contribution in [0.25, 0.3) is 0 Å². The van der Waals surface area contributed by atoms with Crippen LogP contribution in [0, 0.1) is 5.41 Å². The molecule has 16 heavy (non-hydrogen) atoms. The maximum Gasteiger partial charge on any atom is 0.0521 e. The maximum atomic E-state index is 4.20. The third-order valence-electron chi connectivity index (χ3n) is 2.98. The molecule has 1 atom stereocenters. The number of hydrogen-bond donors (Lipinski definition) is 1. The molecule has 0 aliphatic heterocycles. The van der Waals surface area contributed by atoms with Crippen LogP contribution in [0.1, 0.15) is 39.7 Å². The van der Waals surface area contributed by atoms with Crippen LogP contribution in [0.3, 0.4) is 0 Å². The van der Waals surface area contributed by atoms with Gasteiger partial charge in [0.15, 0.2) is 0 Å². The molecule has 0 fully saturated rings. The van der Waals surface area contributed by atoms with Gasteiger partial charge in [-0.2, -0.15) is 5.10 Å². The van der Waals surface area contributed by atoms with Crippen LogP contribution in [-0.2, 0) is 13.5 Å².